The van der Waals surface area contributed by atoms with Gasteiger partial charge in [-0.2, -0.15) is 4.98 Å². The minimum absolute atomic E-state index is 0.0654. The van der Waals surface area contributed by atoms with E-state index in [1.165, 1.54) is 17.2 Å². The molecule has 7 rings (SSSR count). The summed E-state index contributed by atoms with van der Waals surface area (Å²) in [6, 6.07) is 0. The molecule has 4 aromatic heterocycles. The third-order valence-electron chi connectivity index (χ3n) is 7.24. The smallest absolute Gasteiger partial charge is 0.387 e. The standard InChI is InChI=1S/C20H24N10O12P2/c21-15-11-16(24-4-23-15)29(5-25-11)10-1-7-8(39-10)2-37-44(35,36)42-14-13(31)9(3-38-43(33,34)41-7)40-19(14)30-6-26-12-17(30)27-20(22)28-18(12)32/h4-10,13-14,19,31H,1-3H2,(H,33,34)(H,35,36)(H2,21,23,24)(H3,22,27,28,32)/t7?,8-,9-,10-,13+,14?,19-/m1/s1. The third kappa shape index (κ3) is 5.18. The molecule has 4 unspecified atom stereocenters. The van der Waals surface area contributed by atoms with E-state index in [0.29, 0.717) is 5.65 Å². The second kappa shape index (κ2) is 10.6. The molecule has 9 atom stereocenters. The van der Waals surface area contributed by atoms with Crippen molar-refractivity contribution in [1.82, 2.24) is 39.0 Å². The lowest BCUT2D eigenvalue weighted by molar-refractivity contribution is -0.0670. The molecule has 3 aliphatic heterocycles. The van der Waals surface area contributed by atoms with Crippen LogP contribution in [-0.4, -0.2) is 97.7 Å². The Bertz CT molecular complexity index is 1900. The first-order valence-electron chi connectivity index (χ1n) is 12.8. The third-order valence-corrected chi connectivity index (χ3v) is 9.24. The highest BCUT2D eigenvalue weighted by molar-refractivity contribution is 7.47. The van der Waals surface area contributed by atoms with Crippen LogP contribution >= 0.6 is 15.6 Å². The molecule has 236 valence electrons. The highest BCUT2D eigenvalue weighted by atomic mass is 31.2. The zero-order valence-corrected chi connectivity index (χ0v) is 23.9. The van der Waals surface area contributed by atoms with Gasteiger partial charge in [-0.05, 0) is 0 Å². The van der Waals surface area contributed by atoms with Crippen LogP contribution in [-0.2, 0) is 36.7 Å². The van der Waals surface area contributed by atoms with Crippen molar-refractivity contribution in [1.29, 1.82) is 0 Å². The number of rotatable bonds is 2. The van der Waals surface area contributed by atoms with Gasteiger partial charge in [-0.25, -0.2) is 29.1 Å². The number of phosphoric ester groups is 2. The van der Waals surface area contributed by atoms with Gasteiger partial charge in [0.05, 0.1) is 25.9 Å². The summed E-state index contributed by atoms with van der Waals surface area (Å²) in [5.74, 6) is -0.145. The van der Waals surface area contributed by atoms with Gasteiger partial charge in [0.25, 0.3) is 5.56 Å². The number of ether oxygens (including phenoxy) is 2. The molecular formula is C20H24N10O12P2. The van der Waals surface area contributed by atoms with E-state index in [0.717, 1.165) is 10.9 Å². The molecule has 22 nitrogen and oxygen atoms in total. The van der Waals surface area contributed by atoms with Gasteiger partial charge in [0.1, 0.15) is 48.6 Å². The molecule has 0 amide bonds. The van der Waals surface area contributed by atoms with Crippen LogP contribution in [0.15, 0.2) is 23.8 Å². The fraction of sp³-hybridized carbons (Fsp3) is 0.500. The SMILES string of the molecule is Nc1nc2c(ncn2[C@@H]2O[C@@H]3COP(=O)(O)OC4C[C@H](n5cnc6c(N)ncnc65)O[C@@H]4COP(=O)(O)OC2[C@H]3O)c(=O)[nH]1. The van der Waals surface area contributed by atoms with Crippen molar-refractivity contribution in [2.75, 3.05) is 24.7 Å². The number of aromatic amines is 1. The molecule has 0 spiro atoms. The number of nitrogen functional groups attached to an aromatic ring is 2. The Hall–Kier alpha value is -3.40. The van der Waals surface area contributed by atoms with Crippen molar-refractivity contribution in [2.45, 2.75) is 49.4 Å². The van der Waals surface area contributed by atoms with Crippen LogP contribution in [0.25, 0.3) is 22.3 Å². The second-order valence-electron chi connectivity index (χ2n) is 10.0. The Morgan fingerprint density at radius 1 is 0.886 bits per heavy atom. The molecule has 3 aliphatic rings. The Morgan fingerprint density at radius 3 is 2.39 bits per heavy atom. The van der Waals surface area contributed by atoms with Crippen molar-refractivity contribution < 1.29 is 51.6 Å². The highest BCUT2D eigenvalue weighted by Crippen LogP contribution is 2.53. The Balaban J connectivity index is 1.19. The van der Waals surface area contributed by atoms with E-state index in [-0.39, 0.29) is 34.9 Å². The molecule has 0 radical (unpaired) electrons. The molecule has 0 saturated carbocycles. The first-order chi connectivity index (χ1) is 20.9. The predicted molar refractivity (Wildman–Crippen MR) is 142 cm³/mol. The monoisotopic (exact) mass is 658 g/mol. The zero-order valence-electron chi connectivity index (χ0n) is 22.1. The van der Waals surface area contributed by atoms with Gasteiger partial charge in [0.2, 0.25) is 5.95 Å². The maximum absolute atomic E-state index is 13.2. The van der Waals surface area contributed by atoms with Crippen molar-refractivity contribution in [3.8, 4) is 0 Å². The van der Waals surface area contributed by atoms with Crippen LogP contribution in [0.1, 0.15) is 18.9 Å². The van der Waals surface area contributed by atoms with Crippen LogP contribution in [0.5, 0.6) is 0 Å². The van der Waals surface area contributed by atoms with E-state index >= 15 is 0 Å². The first kappa shape index (κ1) is 29.3. The number of nitrogens with zero attached hydrogens (tertiary/aromatic N) is 7. The van der Waals surface area contributed by atoms with E-state index in [2.05, 4.69) is 29.9 Å². The Labute approximate surface area is 244 Å². The summed E-state index contributed by atoms with van der Waals surface area (Å²) in [5.41, 5.74) is 11.2. The van der Waals surface area contributed by atoms with E-state index in [1.54, 1.807) is 0 Å². The molecule has 44 heavy (non-hydrogen) atoms. The predicted octanol–water partition coefficient (Wildman–Crippen LogP) is -1.31. The first-order valence-corrected chi connectivity index (χ1v) is 15.8. The Morgan fingerprint density at radius 2 is 1.59 bits per heavy atom. The topological polar surface area (TPSA) is 309 Å². The fourth-order valence-corrected chi connectivity index (χ4v) is 7.15. The number of phosphoric acid groups is 2. The summed E-state index contributed by atoms with van der Waals surface area (Å²) >= 11 is 0. The number of hydrogen-bond acceptors (Lipinski definition) is 17. The number of hydrogen-bond donors (Lipinski definition) is 6. The lowest BCUT2D eigenvalue weighted by atomic mass is 10.1. The van der Waals surface area contributed by atoms with Crippen molar-refractivity contribution in [3.63, 3.8) is 0 Å². The maximum Gasteiger partial charge on any atom is 0.472 e. The van der Waals surface area contributed by atoms with Crippen molar-refractivity contribution >= 4 is 49.7 Å². The lowest BCUT2D eigenvalue weighted by Gasteiger charge is -2.25. The molecule has 3 saturated heterocycles. The van der Waals surface area contributed by atoms with Crippen LogP contribution in [0.2, 0.25) is 0 Å². The summed E-state index contributed by atoms with van der Waals surface area (Å²) in [7, 11) is -9.88. The summed E-state index contributed by atoms with van der Waals surface area (Å²) < 4.78 is 61.7. The Kier molecular flexibility index (Phi) is 7.06. The summed E-state index contributed by atoms with van der Waals surface area (Å²) in [6.45, 7) is -1.40. The van der Waals surface area contributed by atoms with Gasteiger partial charge in [0.15, 0.2) is 28.9 Å². The lowest BCUT2D eigenvalue weighted by Crippen LogP contribution is -2.35. The average Bonchev–Trinajstić information content (AvgIpc) is 3.72. The molecule has 2 bridgehead atoms. The molecular weight excluding hydrogens is 634 g/mol. The van der Waals surface area contributed by atoms with E-state index < -0.39 is 77.4 Å². The average molecular weight is 658 g/mol. The van der Waals surface area contributed by atoms with Gasteiger partial charge in [-0.1, -0.05) is 0 Å². The number of anilines is 2. The normalized spacial score (nSPS) is 36.6. The van der Waals surface area contributed by atoms with Gasteiger partial charge in [-0.15, -0.1) is 0 Å². The van der Waals surface area contributed by atoms with Crippen LogP contribution in [0.3, 0.4) is 0 Å². The number of aliphatic hydroxyl groups is 1. The van der Waals surface area contributed by atoms with Crippen LogP contribution in [0, 0.1) is 0 Å². The molecule has 24 heteroatoms. The maximum atomic E-state index is 13.2. The number of aromatic nitrogens is 8. The molecule has 7 heterocycles. The molecule has 0 aromatic carbocycles. The number of nitrogens with one attached hydrogen (secondary N) is 1. The minimum atomic E-state index is -5.01. The molecule has 0 aliphatic carbocycles. The quantitative estimate of drug-likeness (QED) is 0.136. The van der Waals surface area contributed by atoms with Gasteiger partial charge in [-0.3, -0.25) is 37.0 Å². The molecule has 4 aromatic rings. The summed E-state index contributed by atoms with van der Waals surface area (Å²) in [4.78, 5) is 56.0. The van der Waals surface area contributed by atoms with Crippen molar-refractivity contribution in [2.24, 2.45) is 0 Å². The number of fused-ring (bicyclic) bond motifs is 5. The zero-order chi connectivity index (χ0) is 31.0. The number of nitrogens with two attached hydrogens (primary N) is 2. The van der Waals surface area contributed by atoms with Crippen LogP contribution in [0.4, 0.5) is 11.8 Å². The van der Waals surface area contributed by atoms with E-state index in [9.17, 15) is 28.8 Å². The molecule has 3 fully saturated rings. The van der Waals surface area contributed by atoms with Gasteiger partial charge >= 0.3 is 15.6 Å². The summed E-state index contributed by atoms with van der Waals surface area (Å²) in [5, 5.41) is 11.0. The summed E-state index contributed by atoms with van der Waals surface area (Å²) in [6.07, 6.45) is -5.86. The van der Waals surface area contributed by atoms with Gasteiger partial charge < -0.3 is 35.8 Å². The minimum Gasteiger partial charge on any atom is -0.387 e. The fourth-order valence-electron chi connectivity index (χ4n) is 5.26. The van der Waals surface area contributed by atoms with Crippen molar-refractivity contribution in [3.05, 3.63) is 29.3 Å². The number of imidazole rings is 2. The van der Waals surface area contributed by atoms with E-state index in [4.69, 9.17) is 39.0 Å². The molecule has 8 N–H and O–H groups in total. The largest absolute Gasteiger partial charge is 0.472 e. The number of H-pyrrole nitrogens is 1. The highest BCUT2D eigenvalue weighted by Gasteiger charge is 2.52. The number of aliphatic hydroxyl groups excluding tert-OH is 1. The van der Waals surface area contributed by atoms with E-state index in [1.807, 2.05) is 0 Å². The second-order valence-corrected chi connectivity index (χ2v) is 12.8. The van der Waals surface area contributed by atoms with Gasteiger partial charge in [0, 0.05) is 6.42 Å². The van der Waals surface area contributed by atoms with Crippen LogP contribution < -0.4 is 17.0 Å².